The summed E-state index contributed by atoms with van der Waals surface area (Å²) in [5, 5.41) is 14.0. The van der Waals surface area contributed by atoms with Gasteiger partial charge in [0.25, 0.3) is 5.69 Å². The zero-order chi connectivity index (χ0) is 11.3. The van der Waals surface area contributed by atoms with E-state index >= 15 is 0 Å². The van der Waals surface area contributed by atoms with Crippen LogP contribution in [0.4, 0.5) is 11.5 Å². The van der Waals surface area contributed by atoms with E-state index in [2.05, 4.69) is 17.2 Å². The summed E-state index contributed by atoms with van der Waals surface area (Å²) < 4.78 is 0. The quantitative estimate of drug-likeness (QED) is 0.616. The zero-order valence-electron chi connectivity index (χ0n) is 8.64. The molecule has 15 heavy (non-hydrogen) atoms. The Hall–Kier alpha value is -1.30. The lowest BCUT2D eigenvalue weighted by Crippen LogP contribution is -2.13. The molecule has 1 aromatic rings. The molecule has 1 N–H and O–H groups in total. The average molecular weight is 227 g/mol. The van der Waals surface area contributed by atoms with Crippen molar-refractivity contribution >= 4 is 23.3 Å². The molecule has 0 spiro atoms. The van der Waals surface area contributed by atoms with Crippen LogP contribution in [0.15, 0.2) is 18.3 Å². The van der Waals surface area contributed by atoms with Crippen LogP contribution in [0.3, 0.4) is 0 Å². The van der Waals surface area contributed by atoms with Crippen LogP contribution >= 0.6 is 11.8 Å². The minimum Gasteiger partial charge on any atom is -0.369 e. The Bertz CT molecular complexity index is 329. The van der Waals surface area contributed by atoms with Crippen molar-refractivity contribution in [2.24, 2.45) is 0 Å². The van der Waals surface area contributed by atoms with Crippen molar-refractivity contribution < 1.29 is 4.92 Å². The molecule has 1 atom stereocenters. The van der Waals surface area contributed by atoms with Gasteiger partial charge in [-0.2, -0.15) is 11.8 Å². The summed E-state index contributed by atoms with van der Waals surface area (Å²) in [6.45, 7) is 2.90. The highest BCUT2D eigenvalue weighted by Crippen LogP contribution is 2.12. The smallest absolute Gasteiger partial charge is 0.287 e. The lowest BCUT2D eigenvalue weighted by atomic mass is 10.4. The van der Waals surface area contributed by atoms with Crippen molar-refractivity contribution in [3.8, 4) is 0 Å². The van der Waals surface area contributed by atoms with Gasteiger partial charge in [0.1, 0.15) is 12.0 Å². The third-order valence-electron chi connectivity index (χ3n) is 1.93. The molecular weight excluding hydrogens is 214 g/mol. The van der Waals surface area contributed by atoms with Gasteiger partial charge in [-0.3, -0.25) is 10.1 Å². The molecule has 6 heteroatoms. The highest BCUT2D eigenvalue weighted by molar-refractivity contribution is 7.99. The Balaban J connectivity index is 2.53. The van der Waals surface area contributed by atoms with Crippen LogP contribution in [0.2, 0.25) is 0 Å². The van der Waals surface area contributed by atoms with Gasteiger partial charge in [0.05, 0.1) is 4.92 Å². The summed E-state index contributed by atoms with van der Waals surface area (Å²) in [6.07, 6.45) is 3.29. The molecule has 0 aliphatic rings. The van der Waals surface area contributed by atoms with Crippen LogP contribution < -0.4 is 5.32 Å². The number of rotatable bonds is 5. The number of thioether (sulfide) groups is 1. The Labute approximate surface area is 92.4 Å². The molecule has 0 bridgehead atoms. The van der Waals surface area contributed by atoms with Gasteiger partial charge < -0.3 is 5.32 Å². The lowest BCUT2D eigenvalue weighted by Gasteiger charge is -2.09. The van der Waals surface area contributed by atoms with Crippen molar-refractivity contribution in [1.82, 2.24) is 4.98 Å². The third kappa shape index (κ3) is 3.75. The molecule has 0 aliphatic heterocycles. The normalized spacial score (nSPS) is 12.1. The number of aromatic nitrogens is 1. The van der Waals surface area contributed by atoms with Gasteiger partial charge in [0.15, 0.2) is 0 Å². The van der Waals surface area contributed by atoms with Gasteiger partial charge in [-0.1, -0.05) is 6.92 Å². The Morgan fingerprint density at radius 2 is 2.40 bits per heavy atom. The maximum Gasteiger partial charge on any atom is 0.287 e. The van der Waals surface area contributed by atoms with E-state index < -0.39 is 4.92 Å². The second-order valence-corrected chi connectivity index (χ2v) is 4.36. The molecule has 0 radical (unpaired) electrons. The molecule has 0 aliphatic carbocycles. The summed E-state index contributed by atoms with van der Waals surface area (Å²) in [4.78, 5) is 13.9. The first-order valence-electron chi connectivity index (χ1n) is 4.50. The third-order valence-corrected chi connectivity index (χ3v) is 2.90. The minimum absolute atomic E-state index is 0.0125. The molecule has 1 heterocycles. The molecular formula is C9H13N3O2S. The standard InChI is InChI=1S/C9H13N3O2S/c1-7(15-2)5-10-9-4-3-8(6-11-9)12(13)14/h3-4,6-7H,5H2,1-2H3,(H,10,11). The fraction of sp³-hybridized carbons (Fsp3) is 0.444. The molecule has 0 saturated carbocycles. The van der Waals surface area contributed by atoms with Gasteiger partial charge in [0.2, 0.25) is 0 Å². The first-order chi connectivity index (χ1) is 7.13. The van der Waals surface area contributed by atoms with Gasteiger partial charge in [-0.15, -0.1) is 0 Å². The van der Waals surface area contributed by atoms with Crippen LogP contribution in [0, 0.1) is 10.1 Å². The van der Waals surface area contributed by atoms with Gasteiger partial charge in [-0.05, 0) is 12.3 Å². The second-order valence-electron chi connectivity index (χ2n) is 3.09. The van der Waals surface area contributed by atoms with Crippen LogP contribution in [0.5, 0.6) is 0 Å². The van der Waals surface area contributed by atoms with E-state index in [9.17, 15) is 10.1 Å². The number of nitrogens with one attached hydrogen (secondary N) is 1. The zero-order valence-corrected chi connectivity index (χ0v) is 9.45. The van der Waals surface area contributed by atoms with E-state index in [4.69, 9.17) is 0 Å². The molecule has 1 aromatic heterocycles. The molecule has 0 aromatic carbocycles. The van der Waals surface area contributed by atoms with Crippen LogP contribution in [-0.4, -0.2) is 28.0 Å². The van der Waals surface area contributed by atoms with Crippen molar-refractivity contribution in [2.75, 3.05) is 18.1 Å². The number of anilines is 1. The molecule has 5 nitrogen and oxygen atoms in total. The van der Waals surface area contributed by atoms with Crippen LogP contribution in [0.1, 0.15) is 6.92 Å². The van der Waals surface area contributed by atoms with Gasteiger partial charge >= 0.3 is 0 Å². The van der Waals surface area contributed by atoms with E-state index in [1.807, 2.05) is 6.26 Å². The fourth-order valence-electron chi connectivity index (χ4n) is 0.930. The number of nitrogens with zero attached hydrogens (tertiary/aromatic N) is 2. The summed E-state index contributed by atoms with van der Waals surface area (Å²) in [5.41, 5.74) is 0.0125. The molecule has 1 unspecified atom stereocenters. The lowest BCUT2D eigenvalue weighted by molar-refractivity contribution is -0.385. The Morgan fingerprint density at radius 1 is 1.67 bits per heavy atom. The summed E-state index contributed by atoms with van der Waals surface area (Å²) >= 11 is 1.75. The summed E-state index contributed by atoms with van der Waals surface area (Å²) in [5.74, 6) is 0.668. The van der Waals surface area contributed by atoms with Crippen molar-refractivity contribution in [1.29, 1.82) is 0 Å². The van der Waals surface area contributed by atoms with Crippen LogP contribution in [-0.2, 0) is 0 Å². The molecule has 0 amide bonds. The van der Waals surface area contributed by atoms with E-state index in [0.717, 1.165) is 6.54 Å². The Kier molecular flexibility index (Phi) is 4.36. The maximum absolute atomic E-state index is 10.4. The molecule has 1 rings (SSSR count). The summed E-state index contributed by atoms with van der Waals surface area (Å²) in [6, 6.07) is 3.06. The monoisotopic (exact) mass is 227 g/mol. The first kappa shape index (κ1) is 11.8. The maximum atomic E-state index is 10.4. The Morgan fingerprint density at radius 3 is 2.87 bits per heavy atom. The predicted octanol–water partition coefficient (Wildman–Crippen LogP) is 2.15. The van der Waals surface area contributed by atoms with Crippen molar-refractivity contribution in [3.63, 3.8) is 0 Å². The largest absolute Gasteiger partial charge is 0.369 e. The number of pyridine rings is 1. The summed E-state index contributed by atoms with van der Waals surface area (Å²) in [7, 11) is 0. The van der Waals surface area contributed by atoms with E-state index in [1.165, 1.54) is 12.3 Å². The second kappa shape index (κ2) is 5.55. The van der Waals surface area contributed by atoms with Crippen molar-refractivity contribution in [3.05, 3.63) is 28.4 Å². The average Bonchev–Trinajstić information content (AvgIpc) is 2.26. The van der Waals surface area contributed by atoms with E-state index in [0.29, 0.717) is 11.1 Å². The first-order valence-corrected chi connectivity index (χ1v) is 5.79. The molecule has 82 valence electrons. The number of hydrogen-bond acceptors (Lipinski definition) is 5. The highest BCUT2D eigenvalue weighted by atomic mass is 32.2. The van der Waals surface area contributed by atoms with Crippen molar-refractivity contribution in [2.45, 2.75) is 12.2 Å². The SMILES string of the molecule is CSC(C)CNc1ccc([N+](=O)[O-])cn1. The van der Waals surface area contributed by atoms with Gasteiger partial charge in [-0.25, -0.2) is 4.98 Å². The predicted molar refractivity (Wildman–Crippen MR) is 62.4 cm³/mol. The minimum atomic E-state index is -0.457. The number of hydrogen-bond donors (Lipinski definition) is 1. The molecule has 0 saturated heterocycles. The highest BCUT2D eigenvalue weighted by Gasteiger charge is 2.05. The fourth-order valence-corrected chi connectivity index (χ4v) is 1.18. The van der Waals surface area contributed by atoms with Gasteiger partial charge in [0, 0.05) is 17.9 Å². The van der Waals surface area contributed by atoms with E-state index in [-0.39, 0.29) is 5.69 Å². The van der Waals surface area contributed by atoms with Crippen LogP contribution in [0.25, 0.3) is 0 Å². The molecule has 0 fully saturated rings. The van der Waals surface area contributed by atoms with E-state index in [1.54, 1.807) is 17.8 Å². The topological polar surface area (TPSA) is 68.1 Å². The number of nitro groups is 1.